The number of rotatable bonds is 5. The van der Waals surface area contributed by atoms with Gasteiger partial charge in [0.1, 0.15) is 6.54 Å². The third kappa shape index (κ3) is 3.21. The van der Waals surface area contributed by atoms with Crippen molar-refractivity contribution in [2.75, 3.05) is 13.7 Å². The van der Waals surface area contributed by atoms with Gasteiger partial charge in [-0.25, -0.2) is 4.98 Å². The molecule has 0 aliphatic carbocycles. The van der Waals surface area contributed by atoms with Crippen LogP contribution < -0.4 is 10.9 Å². The standard InChI is InChI=1S/C14H17N3O3/c1-10(8-20-2)16-13(18)7-17-9-15-12-6-4-3-5-11(12)14(17)19/h3-6,9-10H,7-8H2,1-2H3,(H,16,18)/t10-/m1/s1. The van der Waals surface area contributed by atoms with Gasteiger partial charge in [0.25, 0.3) is 5.56 Å². The molecule has 1 N–H and O–H groups in total. The Morgan fingerprint density at radius 3 is 2.95 bits per heavy atom. The predicted molar refractivity (Wildman–Crippen MR) is 75.5 cm³/mol. The molecular weight excluding hydrogens is 258 g/mol. The van der Waals surface area contributed by atoms with Gasteiger partial charge in [0.15, 0.2) is 0 Å². The lowest BCUT2D eigenvalue weighted by molar-refractivity contribution is -0.122. The van der Waals surface area contributed by atoms with Crippen LogP contribution in [0.3, 0.4) is 0 Å². The second-order valence-corrected chi connectivity index (χ2v) is 4.62. The SMILES string of the molecule is COC[C@@H](C)NC(=O)Cn1cnc2ccccc2c1=O. The van der Waals surface area contributed by atoms with Crippen LogP contribution in [0.1, 0.15) is 6.92 Å². The highest BCUT2D eigenvalue weighted by Gasteiger charge is 2.10. The fourth-order valence-corrected chi connectivity index (χ4v) is 1.99. The van der Waals surface area contributed by atoms with Gasteiger partial charge in [-0.1, -0.05) is 12.1 Å². The molecule has 1 heterocycles. The van der Waals surface area contributed by atoms with Crippen LogP contribution >= 0.6 is 0 Å². The van der Waals surface area contributed by atoms with Crippen LogP contribution in [0.5, 0.6) is 0 Å². The zero-order chi connectivity index (χ0) is 14.5. The van der Waals surface area contributed by atoms with Crippen molar-refractivity contribution in [3.05, 3.63) is 40.9 Å². The number of nitrogens with one attached hydrogen (secondary N) is 1. The summed E-state index contributed by atoms with van der Waals surface area (Å²) in [5.41, 5.74) is 0.409. The summed E-state index contributed by atoms with van der Waals surface area (Å²) in [7, 11) is 1.57. The summed E-state index contributed by atoms with van der Waals surface area (Å²) >= 11 is 0. The average Bonchev–Trinajstić information content (AvgIpc) is 2.42. The van der Waals surface area contributed by atoms with Crippen LogP contribution in [0.2, 0.25) is 0 Å². The molecule has 0 radical (unpaired) electrons. The number of methoxy groups -OCH3 is 1. The van der Waals surface area contributed by atoms with E-state index in [4.69, 9.17) is 4.74 Å². The second-order valence-electron chi connectivity index (χ2n) is 4.62. The summed E-state index contributed by atoms with van der Waals surface area (Å²) in [5.74, 6) is -0.242. The molecule has 20 heavy (non-hydrogen) atoms. The molecule has 0 aliphatic heterocycles. The fraction of sp³-hybridized carbons (Fsp3) is 0.357. The number of ether oxygens (including phenoxy) is 1. The van der Waals surface area contributed by atoms with Crippen LogP contribution in [0.25, 0.3) is 10.9 Å². The van der Waals surface area contributed by atoms with Gasteiger partial charge in [0, 0.05) is 13.2 Å². The maximum atomic E-state index is 12.2. The first-order chi connectivity index (χ1) is 9.61. The van der Waals surface area contributed by atoms with E-state index >= 15 is 0 Å². The molecule has 1 atom stereocenters. The molecule has 1 aromatic heterocycles. The van der Waals surface area contributed by atoms with Crippen LogP contribution in [-0.2, 0) is 16.1 Å². The smallest absolute Gasteiger partial charge is 0.261 e. The van der Waals surface area contributed by atoms with Crippen molar-refractivity contribution in [2.24, 2.45) is 0 Å². The minimum Gasteiger partial charge on any atom is -0.383 e. The highest BCUT2D eigenvalue weighted by Crippen LogP contribution is 2.04. The molecule has 6 heteroatoms. The molecule has 0 aliphatic rings. The van der Waals surface area contributed by atoms with Crippen LogP contribution in [0.15, 0.2) is 35.4 Å². The van der Waals surface area contributed by atoms with Gasteiger partial charge in [-0.2, -0.15) is 0 Å². The summed E-state index contributed by atoms with van der Waals surface area (Å²) in [6, 6.07) is 6.96. The molecular formula is C14H17N3O3. The van der Waals surface area contributed by atoms with Crippen molar-refractivity contribution in [3.63, 3.8) is 0 Å². The topological polar surface area (TPSA) is 73.2 Å². The third-order valence-electron chi connectivity index (χ3n) is 2.87. The lowest BCUT2D eigenvalue weighted by Crippen LogP contribution is -2.39. The monoisotopic (exact) mass is 275 g/mol. The summed E-state index contributed by atoms with van der Waals surface area (Å²) in [6.07, 6.45) is 1.39. The molecule has 0 spiro atoms. The maximum Gasteiger partial charge on any atom is 0.261 e. The Kier molecular flexibility index (Phi) is 4.47. The van der Waals surface area contributed by atoms with E-state index in [1.807, 2.05) is 13.0 Å². The minimum absolute atomic E-state index is 0.0509. The Labute approximate surface area is 116 Å². The Morgan fingerprint density at radius 1 is 1.45 bits per heavy atom. The molecule has 2 aromatic rings. The molecule has 2 rings (SSSR count). The van der Waals surface area contributed by atoms with Gasteiger partial charge < -0.3 is 10.1 Å². The number of carbonyl (C=O) groups is 1. The predicted octanol–water partition coefficient (Wildman–Crippen LogP) is 0.548. The number of amides is 1. The minimum atomic E-state index is -0.242. The molecule has 106 valence electrons. The molecule has 0 unspecified atom stereocenters. The lowest BCUT2D eigenvalue weighted by Gasteiger charge is -2.13. The highest BCUT2D eigenvalue weighted by molar-refractivity contribution is 5.78. The first-order valence-electron chi connectivity index (χ1n) is 6.34. The van der Waals surface area contributed by atoms with Crippen molar-refractivity contribution in [3.8, 4) is 0 Å². The van der Waals surface area contributed by atoms with Gasteiger partial charge in [-0.3, -0.25) is 14.2 Å². The van der Waals surface area contributed by atoms with E-state index < -0.39 is 0 Å². The van der Waals surface area contributed by atoms with Gasteiger partial charge >= 0.3 is 0 Å². The van der Waals surface area contributed by atoms with E-state index in [9.17, 15) is 9.59 Å². The van der Waals surface area contributed by atoms with Crippen molar-refractivity contribution in [2.45, 2.75) is 19.5 Å². The summed E-state index contributed by atoms with van der Waals surface area (Å²) in [5, 5.41) is 3.26. The van der Waals surface area contributed by atoms with Gasteiger partial charge in [-0.05, 0) is 19.1 Å². The number of benzene rings is 1. The zero-order valence-electron chi connectivity index (χ0n) is 11.5. The van der Waals surface area contributed by atoms with E-state index in [0.29, 0.717) is 17.5 Å². The maximum absolute atomic E-state index is 12.2. The van der Waals surface area contributed by atoms with E-state index in [1.54, 1.807) is 25.3 Å². The summed E-state index contributed by atoms with van der Waals surface area (Å²) in [4.78, 5) is 28.2. The van der Waals surface area contributed by atoms with Crippen molar-refractivity contribution < 1.29 is 9.53 Å². The number of aromatic nitrogens is 2. The van der Waals surface area contributed by atoms with Crippen LogP contribution in [0.4, 0.5) is 0 Å². The van der Waals surface area contributed by atoms with E-state index in [1.165, 1.54) is 10.9 Å². The van der Waals surface area contributed by atoms with E-state index in [0.717, 1.165) is 0 Å². The van der Waals surface area contributed by atoms with Crippen molar-refractivity contribution in [1.29, 1.82) is 0 Å². The highest BCUT2D eigenvalue weighted by atomic mass is 16.5. The number of hydrogen-bond donors (Lipinski definition) is 1. The largest absolute Gasteiger partial charge is 0.383 e. The Balaban J connectivity index is 2.16. The van der Waals surface area contributed by atoms with Gasteiger partial charge in [0.05, 0.1) is 23.8 Å². The third-order valence-corrected chi connectivity index (χ3v) is 2.87. The first kappa shape index (κ1) is 14.2. The number of fused-ring (bicyclic) bond motifs is 1. The Morgan fingerprint density at radius 2 is 2.20 bits per heavy atom. The normalized spacial score (nSPS) is 12.3. The summed E-state index contributed by atoms with van der Waals surface area (Å²) < 4.78 is 6.24. The molecule has 0 saturated carbocycles. The Hall–Kier alpha value is -2.21. The van der Waals surface area contributed by atoms with E-state index in [-0.39, 0.29) is 24.1 Å². The van der Waals surface area contributed by atoms with Gasteiger partial charge in [0.2, 0.25) is 5.91 Å². The molecule has 6 nitrogen and oxygen atoms in total. The van der Waals surface area contributed by atoms with Crippen LogP contribution in [0, 0.1) is 0 Å². The van der Waals surface area contributed by atoms with E-state index in [2.05, 4.69) is 10.3 Å². The second kappa shape index (κ2) is 6.29. The molecule has 0 saturated heterocycles. The quantitative estimate of drug-likeness (QED) is 0.864. The molecule has 1 amide bonds. The summed E-state index contributed by atoms with van der Waals surface area (Å²) in [6.45, 7) is 2.21. The zero-order valence-corrected chi connectivity index (χ0v) is 11.5. The lowest BCUT2D eigenvalue weighted by atomic mass is 10.2. The number of nitrogens with zero attached hydrogens (tertiary/aromatic N) is 2. The van der Waals surface area contributed by atoms with Crippen molar-refractivity contribution >= 4 is 16.8 Å². The fourth-order valence-electron chi connectivity index (χ4n) is 1.99. The van der Waals surface area contributed by atoms with Crippen LogP contribution in [-0.4, -0.2) is 35.2 Å². The Bertz CT molecular complexity index is 666. The molecule has 1 aromatic carbocycles. The number of hydrogen-bond acceptors (Lipinski definition) is 4. The first-order valence-corrected chi connectivity index (χ1v) is 6.34. The average molecular weight is 275 g/mol. The van der Waals surface area contributed by atoms with Gasteiger partial charge in [-0.15, -0.1) is 0 Å². The molecule has 0 fully saturated rings. The van der Waals surface area contributed by atoms with Crippen molar-refractivity contribution in [1.82, 2.24) is 14.9 Å². The number of para-hydroxylation sites is 1. The molecule has 0 bridgehead atoms. The number of carbonyl (C=O) groups excluding carboxylic acids is 1.